The number of hydrogen-bond donors (Lipinski definition) is 1. The molecule has 0 radical (unpaired) electrons. The van der Waals surface area contributed by atoms with E-state index in [0.717, 1.165) is 12.8 Å². The van der Waals surface area contributed by atoms with Crippen LogP contribution < -0.4 is 15.0 Å². The van der Waals surface area contributed by atoms with Crippen molar-refractivity contribution in [1.82, 2.24) is 5.32 Å². The lowest BCUT2D eigenvalue weighted by Crippen LogP contribution is -2.39. The lowest BCUT2D eigenvalue weighted by molar-refractivity contribution is -0.147. The molecule has 158 valence electrons. The van der Waals surface area contributed by atoms with Crippen LogP contribution in [0.25, 0.3) is 0 Å². The number of para-hydroxylation sites is 2. The van der Waals surface area contributed by atoms with Crippen LogP contribution >= 0.6 is 0 Å². The van der Waals surface area contributed by atoms with Gasteiger partial charge in [0.2, 0.25) is 5.91 Å². The van der Waals surface area contributed by atoms with E-state index in [1.54, 1.807) is 24.3 Å². The van der Waals surface area contributed by atoms with E-state index in [1.807, 2.05) is 37.3 Å². The summed E-state index contributed by atoms with van der Waals surface area (Å²) < 4.78 is 10.6. The molecule has 2 amide bonds. The number of fused-ring (bicyclic) bond motifs is 1. The average molecular weight is 410 g/mol. The number of aryl methyl sites for hydroxylation is 1. The van der Waals surface area contributed by atoms with Gasteiger partial charge < -0.3 is 14.8 Å². The molecular formula is C23H26N2O5. The number of anilines is 1. The zero-order valence-electron chi connectivity index (χ0n) is 17.0. The first kappa shape index (κ1) is 21.4. The van der Waals surface area contributed by atoms with Gasteiger partial charge in [0.25, 0.3) is 5.91 Å². The van der Waals surface area contributed by atoms with Crippen LogP contribution in [0.1, 0.15) is 25.3 Å². The molecule has 0 saturated heterocycles. The number of nitrogens with one attached hydrogen (secondary N) is 1. The highest BCUT2D eigenvalue weighted by Gasteiger charge is 2.25. The number of carbonyl (C=O) groups excluding carboxylic acids is 3. The Bertz CT molecular complexity index is 884. The summed E-state index contributed by atoms with van der Waals surface area (Å²) in [5.41, 5.74) is 1.73. The van der Waals surface area contributed by atoms with Gasteiger partial charge in [0.05, 0.1) is 18.7 Å². The summed E-state index contributed by atoms with van der Waals surface area (Å²) in [4.78, 5) is 38.0. The van der Waals surface area contributed by atoms with E-state index in [-0.39, 0.29) is 44.0 Å². The Morgan fingerprint density at radius 2 is 1.87 bits per heavy atom. The molecule has 2 aromatic carbocycles. The zero-order valence-corrected chi connectivity index (χ0v) is 17.0. The van der Waals surface area contributed by atoms with Crippen molar-refractivity contribution in [3.8, 4) is 5.75 Å². The molecule has 1 aliphatic heterocycles. The summed E-state index contributed by atoms with van der Waals surface area (Å²) in [5.74, 6) is -0.695. The van der Waals surface area contributed by atoms with E-state index in [2.05, 4.69) is 5.32 Å². The molecule has 0 bridgehead atoms. The van der Waals surface area contributed by atoms with Crippen molar-refractivity contribution in [3.05, 3.63) is 60.2 Å². The standard InChI is InChI=1S/C23H26N2O5/c1-17(11-12-18-7-3-2-4-8-18)24-21(26)16-30-23(28)15-25-19-9-5-6-10-20(19)29-14-13-22(25)27/h2-10,17H,11-16H2,1H3,(H,24,26)/t17-/m1/s1. The lowest BCUT2D eigenvalue weighted by atomic mass is 10.1. The topological polar surface area (TPSA) is 84.9 Å². The molecule has 30 heavy (non-hydrogen) atoms. The Labute approximate surface area is 176 Å². The molecule has 2 aromatic rings. The van der Waals surface area contributed by atoms with Gasteiger partial charge in [-0.15, -0.1) is 0 Å². The fourth-order valence-corrected chi connectivity index (χ4v) is 3.23. The molecule has 0 fully saturated rings. The Morgan fingerprint density at radius 1 is 1.13 bits per heavy atom. The summed E-state index contributed by atoms with van der Waals surface area (Å²) in [5, 5.41) is 2.83. The highest BCUT2D eigenvalue weighted by Crippen LogP contribution is 2.30. The summed E-state index contributed by atoms with van der Waals surface area (Å²) in [6.45, 7) is 1.52. The van der Waals surface area contributed by atoms with Crippen molar-refractivity contribution >= 4 is 23.5 Å². The first-order valence-electron chi connectivity index (χ1n) is 10.0. The summed E-state index contributed by atoms with van der Waals surface area (Å²) in [6, 6.07) is 17.0. The fraction of sp³-hybridized carbons (Fsp3) is 0.348. The number of rotatable bonds is 8. The molecule has 1 aliphatic rings. The zero-order chi connectivity index (χ0) is 21.3. The van der Waals surface area contributed by atoms with E-state index < -0.39 is 5.97 Å². The highest BCUT2D eigenvalue weighted by molar-refractivity contribution is 5.99. The average Bonchev–Trinajstić information content (AvgIpc) is 2.90. The molecule has 7 heteroatoms. The molecule has 7 nitrogen and oxygen atoms in total. The van der Waals surface area contributed by atoms with Crippen molar-refractivity contribution in [2.24, 2.45) is 0 Å². The van der Waals surface area contributed by atoms with E-state index in [9.17, 15) is 14.4 Å². The number of amides is 2. The van der Waals surface area contributed by atoms with Gasteiger partial charge in [-0.25, -0.2) is 0 Å². The molecule has 0 spiro atoms. The van der Waals surface area contributed by atoms with Crippen LogP contribution in [0.15, 0.2) is 54.6 Å². The summed E-state index contributed by atoms with van der Waals surface area (Å²) in [6.07, 6.45) is 1.80. The maximum Gasteiger partial charge on any atom is 0.326 e. The van der Waals surface area contributed by atoms with Crippen molar-refractivity contribution in [2.45, 2.75) is 32.2 Å². The number of esters is 1. The first-order chi connectivity index (χ1) is 14.5. The Hall–Kier alpha value is -3.35. The van der Waals surface area contributed by atoms with Gasteiger partial charge in [-0.3, -0.25) is 19.3 Å². The van der Waals surface area contributed by atoms with Gasteiger partial charge >= 0.3 is 5.97 Å². The van der Waals surface area contributed by atoms with Crippen molar-refractivity contribution < 1.29 is 23.9 Å². The van der Waals surface area contributed by atoms with E-state index in [4.69, 9.17) is 9.47 Å². The fourth-order valence-electron chi connectivity index (χ4n) is 3.23. The second-order valence-electron chi connectivity index (χ2n) is 7.20. The van der Waals surface area contributed by atoms with E-state index >= 15 is 0 Å². The molecule has 1 heterocycles. The van der Waals surface area contributed by atoms with Gasteiger partial charge in [-0.05, 0) is 37.5 Å². The lowest BCUT2D eigenvalue weighted by Gasteiger charge is -2.21. The molecular weight excluding hydrogens is 384 g/mol. The maximum atomic E-state index is 12.3. The SMILES string of the molecule is C[C@H](CCc1ccccc1)NC(=O)COC(=O)CN1C(=O)CCOc2ccccc21. The van der Waals surface area contributed by atoms with Gasteiger partial charge in [-0.2, -0.15) is 0 Å². The van der Waals surface area contributed by atoms with Crippen molar-refractivity contribution in [2.75, 3.05) is 24.7 Å². The largest absolute Gasteiger partial charge is 0.491 e. The van der Waals surface area contributed by atoms with Crippen molar-refractivity contribution in [1.29, 1.82) is 0 Å². The molecule has 3 rings (SSSR count). The number of carbonyl (C=O) groups is 3. The minimum Gasteiger partial charge on any atom is -0.491 e. The number of ether oxygens (including phenoxy) is 2. The minimum absolute atomic E-state index is 0.0485. The van der Waals surface area contributed by atoms with Crippen LogP contribution in [0, 0.1) is 0 Å². The van der Waals surface area contributed by atoms with Gasteiger partial charge in [0.15, 0.2) is 6.61 Å². The quantitative estimate of drug-likeness (QED) is 0.676. The third kappa shape index (κ3) is 6.07. The second-order valence-corrected chi connectivity index (χ2v) is 7.20. The molecule has 1 N–H and O–H groups in total. The third-order valence-corrected chi connectivity index (χ3v) is 4.80. The summed E-state index contributed by atoms with van der Waals surface area (Å²) >= 11 is 0. The molecule has 0 aliphatic carbocycles. The number of nitrogens with zero attached hydrogens (tertiary/aromatic N) is 1. The Balaban J connectivity index is 1.45. The maximum absolute atomic E-state index is 12.3. The van der Waals surface area contributed by atoms with Crippen LogP contribution in [0.2, 0.25) is 0 Å². The van der Waals surface area contributed by atoms with Crippen LogP contribution in [0.5, 0.6) is 5.75 Å². The van der Waals surface area contributed by atoms with Crippen LogP contribution in [0.4, 0.5) is 5.69 Å². The van der Waals surface area contributed by atoms with Crippen LogP contribution in [0.3, 0.4) is 0 Å². The minimum atomic E-state index is -0.646. The van der Waals surface area contributed by atoms with Gasteiger partial charge in [0, 0.05) is 6.04 Å². The molecule has 1 atom stereocenters. The van der Waals surface area contributed by atoms with Gasteiger partial charge in [0.1, 0.15) is 12.3 Å². The smallest absolute Gasteiger partial charge is 0.326 e. The summed E-state index contributed by atoms with van der Waals surface area (Å²) in [7, 11) is 0. The van der Waals surface area contributed by atoms with Crippen LogP contribution in [-0.2, 0) is 25.5 Å². The second kappa shape index (κ2) is 10.4. The van der Waals surface area contributed by atoms with E-state index in [0.29, 0.717) is 11.4 Å². The van der Waals surface area contributed by atoms with Crippen LogP contribution in [-0.4, -0.2) is 43.6 Å². The third-order valence-electron chi connectivity index (χ3n) is 4.80. The first-order valence-corrected chi connectivity index (χ1v) is 10.0. The Kier molecular flexibility index (Phi) is 7.43. The van der Waals surface area contributed by atoms with Crippen molar-refractivity contribution in [3.63, 3.8) is 0 Å². The predicted molar refractivity (Wildman–Crippen MR) is 112 cm³/mol. The number of hydrogen-bond acceptors (Lipinski definition) is 5. The predicted octanol–water partition coefficient (Wildman–Crippen LogP) is 2.48. The monoisotopic (exact) mass is 410 g/mol. The molecule has 0 saturated carbocycles. The van der Waals surface area contributed by atoms with Gasteiger partial charge in [-0.1, -0.05) is 42.5 Å². The normalized spacial score (nSPS) is 14.2. The Morgan fingerprint density at radius 3 is 2.67 bits per heavy atom. The highest BCUT2D eigenvalue weighted by atomic mass is 16.5. The van der Waals surface area contributed by atoms with E-state index in [1.165, 1.54) is 10.5 Å². The number of benzene rings is 2. The molecule has 0 unspecified atom stereocenters. The molecule has 0 aromatic heterocycles.